The second kappa shape index (κ2) is 25.1. The zero-order valence-corrected chi connectivity index (χ0v) is 31.6. The number of carbonyl (C=O) groups is 4. The van der Waals surface area contributed by atoms with Gasteiger partial charge in [0.1, 0.15) is 37.9 Å². The van der Waals surface area contributed by atoms with E-state index in [0.29, 0.717) is 62.3 Å². The first kappa shape index (κ1) is 43.6. The molecule has 0 saturated carbocycles. The number of carbonyl (C=O) groups excluding carboxylic acids is 4. The monoisotopic (exact) mass is 782 g/mol. The van der Waals surface area contributed by atoms with Crippen LogP contribution in [0.5, 0.6) is 11.5 Å². The number of benzene rings is 4. The first-order chi connectivity index (χ1) is 27.9. The predicted octanol–water partition coefficient (Wildman–Crippen LogP) is 6.30. The molecule has 0 aliphatic rings. The summed E-state index contributed by atoms with van der Waals surface area (Å²) in [6, 6.07) is 28.8. The van der Waals surface area contributed by atoms with Crippen molar-refractivity contribution in [2.45, 2.75) is 0 Å². The van der Waals surface area contributed by atoms with Crippen molar-refractivity contribution < 1.29 is 61.8 Å². The lowest BCUT2D eigenvalue weighted by atomic mass is 10.0. The Morgan fingerprint density at radius 1 is 0.386 bits per heavy atom. The van der Waals surface area contributed by atoms with Gasteiger partial charge in [0.2, 0.25) is 0 Å². The minimum absolute atomic E-state index is 0.0879. The summed E-state index contributed by atoms with van der Waals surface area (Å²) in [6.45, 7) is 9.94. The summed E-state index contributed by atoms with van der Waals surface area (Å²) in [7, 11) is 0. The normalized spacial score (nSPS) is 10.6. The van der Waals surface area contributed by atoms with Gasteiger partial charge in [-0.1, -0.05) is 61.7 Å². The SMILES string of the molecule is C=CC(=O)OCCOCCOCCOC(=O)c1ccc(-c2ccc(OC(=O)c3ccc(-c4ccc(OCCOCCOCCOC(=O)C=C)cc4)cc3)cc2)cc1. The molecule has 0 aliphatic heterocycles. The van der Waals surface area contributed by atoms with E-state index < -0.39 is 23.9 Å². The molecule has 4 aromatic carbocycles. The van der Waals surface area contributed by atoms with Gasteiger partial charge in [0.25, 0.3) is 0 Å². The summed E-state index contributed by atoms with van der Waals surface area (Å²) < 4.78 is 47.7. The van der Waals surface area contributed by atoms with Gasteiger partial charge in [-0.25, -0.2) is 19.2 Å². The molecule has 0 radical (unpaired) electrons. The van der Waals surface area contributed by atoms with Crippen LogP contribution in [0.2, 0.25) is 0 Å². The number of hydrogen-bond acceptors (Lipinski definition) is 13. The lowest BCUT2D eigenvalue weighted by Gasteiger charge is -2.09. The Balaban J connectivity index is 1.11. The van der Waals surface area contributed by atoms with E-state index in [1.165, 1.54) is 0 Å². The van der Waals surface area contributed by atoms with Gasteiger partial charge >= 0.3 is 23.9 Å². The molecule has 0 amide bonds. The van der Waals surface area contributed by atoms with E-state index in [1.807, 2.05) is 60.7 Å². The molecule has 4 aromatic rings. The zero-order chi connectivity index (χ0) is 40.5. The highest BCUT2D eigenvalue weighted by Crippen LogP contribution is 2.25. The van der Waals surface area contributed by atoms with Crippen LogP contribution in [0.15, 0.2) is 122 Å². The van der Waals surface area contributed by atoms with Crippen LogP contribution >= 0.6 is 0 Å². The van der Waals surface area contributed by atoms with E-state index in [-0.39, 0.29) is 39.6 Å². The molecule has 0 heterocycles. The number of esters is 4. The Morgan fingerprint density at radius 2 is 0.719 bits per heavy atom. The molecule has 0 unspecified atom stereocenters. The van der Waals surface area contributed by atoms with E-state index in [9.17, 15) is 19.2 Å². The fourth-order valence-electron chi connectivity index (χ4n) is 4.88. The van der Waals surface area contributed by atoms with Crippen LogP contribution in [0.1, 0.15) is 20.7 Å². The maximum atomic E-state index is 12.9. The molecular formula is C44H46O13. The molecule has 13 nitrogen and oxygen atoms in total. The van der Waals surface area contributed by atoms with E-state index >= 15 is 0 Å². The van der Waals surface area contributed by atoms with Crippen molar-refractivity contribution in [1.82, 2.24) is 0 Å². The Bertz CT molecular complexity index is 1850. The van der Waals surface area contributed by atoms with Crippen LogP contribution in [0, 0.1) is 0 Å². The van der Waals surface area contributed by atoms with Crippen molar-refractivity contribution >= 4 is 23.9 Å². The van der Waals surface area contributed by atoms with E-state index in [2.05, 4.69) is 13.2 Å². The molecule has 0 aliphatic carbocycles. The summed E-state index contributed by atoms with van der Waals surface area (Å²) in [6.07, 6.45) is 2.19. The smallest absolute Gasteiger partial charge is 0.343 e. The molecular weight excluding hydrogens is 736 g/mol. The van der Waals surface area contributed by atoms with E-state index in [4.69, 9.17) is 42.6 Å². The average Bonchev–Trinajstić information content (AvgIpc) is 3.25. The molecule has 13 heteroatoms. The standard InChI is InChI=1S/C44H46O13/c1-3-41(45)54-30-26-50-22-21-49-25-29-53-39-17-13-35(14-18-39)34-7-11-38(12-8-34)44(48)57-40-19-15-36(16-20-40)33-5-9-37(10-6-33)43(47)56-32-28-52-24-23-51-27-31-55-42(46)4-2/h3-20H,1-2,21-32H2. The molecule has 0 fully saturated rings. The maximum absolute atomic E-state index is 12.9. The molecule has 57 heavy (non-hydrogen) atoms. The first-order valence-corrected chi connectivity index (χ1v) is 18.2. The fraction of sp³-hybridized carbons (Fsp3) is 0.273. The molecule has 0 spiro atoms. The van der Waals surface area contributed by atoms with Gasteiger partial charge in [0, 0.05) is 12.2 Å². The molecule has 300 valence electrons. The Labute approximate surface area is 331 Å². The summed E-state index contributed by atoms with van der Waals surface area (Å²) >= 11 is 0. The Morgan fingerprint density at radius 3 is 1.14 bits per heavy atom. The molecule has 4 rings (SSSR count). The minimum Gasteiger partial charge on any atom is -0.491 e. The van der Waals surface area contributed by atoms with Crippen molar-refractivity contribution in [1.29, 1.82) is 0 Å². The predicted molar refractivity (Wildman–Crippen MR) is 210 cm³/mol. The average molecular weight is 783 g/mol. The number of ether oxygens (including phenoxy) is 9. The third kappa shape index (κ3) is 16.3. The zero-order valence-electron chi connectivity index (χ0n) is 31.6. The highest BCUT2D eigenvalue weighted by atomic mass is 16.6. The largest absolute Gasteiger partial charge is 0.491 e. The van der Waals surface area contributed by atoms with Crippen molar-refractivity contribution in [2.75, 3.05) is 79.3 Å². The second-order valence-corrected chi connectivity index (χ2v) is 11.8. The van der Waals surface area contributed by atoms with Crippen LogP contribution in [-0.4, -0.2) is 103 Å². The summed E-state index contributed by atoms with van der Waals surface area (Å²) in [5.41, 5.74) is 4.45. The summed E-state index contributed by atoms with van der Waals surface area (Å²) in [5.74, 6) is -0.830. The van der Waals surface area contributed by atoms with Gasteiger partial charge < -0.3 is 42.6 Å². The van der Waals surface area contributed by atoms with Crippen molar-refractivity contribution in [3.05, 3.63) is 133 Å². The Hall–Kier alpha value is -6.12. The topological polar surface area (TPSA) is 151 Å². The number of hydrogen-bond donors (Lipinski definition) is 0. The molecule has 0 aromatic heterocycles. The van der Waals surface area contributed by atoms with Gasteiger partial charge in [0.15, 0.2) is 0 Å². The molecule has 0 bridgehead atoms. The van der Waals surface area contributed by atoms with Gasteiger partial charge in [-0.2, -0.15) is 0 Å². The third-order valence-corrected chi connectivity index (χ3v) is 7.81. The van der Waals surface area contributed by atoms with E-state index in [1.54, 1.807) is 36.4 Å². The second-order valence-electron chi connectivity index (χ2n) is 11.8. The van der Waals surface area contributed by atoms with Crippen molar-refractivity contribution in [2.24, 2.45) is 0 Å². The van der Waals surface area contributed by atoms with Crippen LogP contribution < -0.4 is 9.47 Å². The third-order valence-electron chi connectivity index (χ3n) is 7.81. The van der Waals surface area contributed by atoms with E-state index in [0.717, 1.165) is 34.4 Å². The summed E-state index contributed by atoms with van der Waals surface area (Å²) in [5, 5.41) is 0. The minimum atomic E-state index is -0.502. The van der Waals surface area contributed by atoms with Crippen LogP contribution in [0.25, 0.3) is 22.3 Å². The van der Waals surface area contributed by atoms with Gasteiger partial charge in [0.05, 0.1) is 64.0 Å². The van der Waals surface area contributed by atoms with Gasteiger partial charge in [-0.15, -0.1) is 0 Å². The first-order valence-electron chi connectivity index (χ1n) is 18.2. The van der Waals surface area contributed by atoms with Crippen molar-refractivity contribution in [3.8, 4) is 33.8 Å². The molecule has 0 atom stereocenters. The van der Waals surface area contributed by atoms with Gasteiger partial charge in [-0.3, -0.25) is 0 Å². The number of rotatable bonds is 26. The molecule has 0 N–H and O–H groups in total. The summed E-state index contributed by atoms with van der Waals surface area (Å²) in [4.78, 5) is 47.2. The van der Waals surface area contributed by atoms with Crippen LogP contribution in [0.3, 0.4) is 0 Å². The lowest BCUT2D eigenvalue weighted by Crippen LogP contribution is -2.14. The van der Waals surface area contributed by atoms with Crippen LogP contribution in [0.4, 0.5) is 0 Å². The highest BCUT2D eigenvalue weighted by molar-refractivity contribution is 5.92. The highest BCUT2D eigenvalue weighted by Gasteiger charge is 2.11. The van der Waals surface area contributed by atoms with Gasteiger partial charge in [-0.05, 0) is 70.8 Å². The lowest BCUT2D eigenvalue weighted by molar-refractivity contribution is -0.140. The Kier molecular flexibility index (Phi) is 19.2. The van der Waals surface area contributed by atoms with Crippen LogP contribution in [-0.2, 0) is 42.7 Å². The molecule has 0 saturated heterocycles. The quantitative estimate of drug-likeness (QED) is 0.0231. The van der Waals surface area contributed by atoms with Crippen molar-refractivity contribution in [3.63, 3.8) is 0 Å². The fourth-order valence-corrected chi connectivity index (χ4v) is 4.88. The maximum Gasteiger partial charge on any atom is 0.343 e.